The summed E-state index contributed by atoms with van der Waals surface area (Å²) in [6, 6.07) is 9.43. The minimum Gasteiger partial charge on any atom is -0.478 e. The lowest BCUT2D eigenvalue weighted by molar-refractivity contribution is -0.128. The van der Waals surface area contributed by atoms with Crippen LogP contribution >= 0.6 is 15.9 Å². The van der Waals surface area contributed by atoms with E-state index in [1.165, 1.54) is 37.3 Å². The van der Waals surface area contributed by atoms with E-state index >= 15 is 0 Å². The molecular formula is C16H13BrF2N2O3. The average molecular weight is 399 g/mol. The highest BCUT2D eigenvalue weighted by Gasteiger charge is 2.18. The van der Waals surface area contributed by atoms with Gasteiger partial charge in [0, 0.05) is 4.47 Å². The van der Waals surface area contributed by atoms with E-state index in [1.54, 1.807) is 6.07 Å². The predicted octanol–water partition coefficient (Wildman–Crippen LogP) is 2.96. The molecule has 2 aromatic carbocycles. The van der Waals surface area contributed by atoms with Crippen LogP contribution < -0.4 is 15.6 Å². The quantitative estimate of drug-likeness (QED) is 0.778. The molecule has 2 aromatic rings. The molecular weight excluding hydrogens is 386 g/mol. The minimum atomic E-state index is -1.07. The maximum absolute atomic E-state index is 13.6. The number of carbonyl (C=O) groups is 2. The van der Waals surface area contributed by atoms with E-state index in [0.29, 0.717) is 4.47 Å². The fourth-order valence-electron chi connectivity index (χ4n) is 1.74. The molecule has 0 bridgehead atoms. The predicted molar refractivity (Wildman–Crippen MR) is 86.2 cm³/mol. The maximum atomic E-state index is 13.6. The van der Waals surface area contributed by atoms with Gasteiger partial charge in [-0.15, -0.1) is 0 Å². The van der Waals surface area contributed by atoms with Gasteiger partial charge in [-0.05, 0) is 37.3 Å². The topological polar surface area (TPSA) is 67.4 Å². The molecule has 2 amide bonds. The van der Waals surface area contributed by atoms with Gasteiger partial charge in [0.05, 0.1) is 5.56 Å². The van der Waals surface area contributed by atoms with Crippen molar-refractivity contribution < 1.29 is 23.1 Å². The number of hydrogen-bond acceptors (Lipinski definition) is 3. The number of rotatable bonds is 4. The Balaban J connectivity index is 1.93. The largest absolute Gasteiger partial charge is 0.478 e. The molecule has 0 aliphatic heterocycles. The molecule has 0 spiro atoms. The van der Waals surface area contributed by atoms with Crippen molar-refractivity contribution in [3.8, 4) is 5.75 Å². The van der Waals surface area contributed by atoms with Crippen LogP contribution in [-0.4, -0.2) is 17.9 Å². The van der Waals surface area contributed by atoms with Gasteiger partial charge in [0.1, 0.15) is 5.82 Å². The van der Waals surface area contributed by atoms with Crippen LogP contribution in [0, 0.1) is 11.6 Å². The molecule has 0 aliphatic carbocycles. The number of halogens is 3. The van der Waals surface area contributed by atoms with E-state index in [2.05, 4.69) is 26.8 Å². The van der Waals surface area contributed by atoms with E-state index in [4.69, 9.17) is 4.74 Å². The Hall–Kier alpha value is -2.48. The van der Waals surface area contributed by atoms with Gasteiger partial charge in [0.15, 0.2) is 17.7 Å². The number of carbonyl (C=O) groups excluding carboxylic acids is 2. The van der Waals surface area contributed by atoms with E-state index in [1.807, 2.05) is 0 Å². The lowest BCUT2D eigenvalue weighted by Crippen LogP contribution is -2.47. The van der Waals surface area contributed by atoms with Crippen LogP contribution in [0.25, 0.3) is 0 Å². The molecule has 2 rings (SSSR count). The lowest BCUT2D eigenvalue weighted by atomic mass is 10.2. The third-order valence-corrected chi connectivity index (χ3v) is 3.48. The van der Waals surface area contributed by atoms with Crippen molar-refractivity contribution in [2.24, 2.45) is 0 Å². The molecule has 0 radical (unpaired) electrons. The smallest absolute Gasteiger partial charge is 0.279 e. The summed E-state index contributed by atoms with van der Waals surface area (Å²) >= 11 is 3.12. The molecule has 8 heteroatoms. The summed E-state index contributed by atoms with van der Waals surface area (Å²) in [7, 11) is 0. The van der Waals surface area contributed by atoms with E-state index < -0.39 is 29.6 Å². The van der Waals surface area contributed by atoms with Gasteiger partial charge in [0.25, 0.3) is 11.8 Å². The third-order valence-electron chi connectivity index (χ3n) is 2.98. The van der Waals surface area contributed by atoms with Crippen molar-refractivity contribution in [3.05, 3.63) is 64.1 Å². The van der Waals surface area contributed by atoms with Gasteiger partial charge in [0.2, 0.25) is 0 Å². The summed E-state index contributed by atoms with van der Waals surface area (Å²) in [5, 5.41) is 0. The Labute approximate surface area is 145 Å². The van der Waals surface area contributed by atoms with Crippen LogP contribution in [0.2, 0.25) is 0 Å². The zero-order valence-electron chi connectivity index (χ0n) is 12.5. The molecule has 2 N–H and O–H groups in total. The Bertz CT molecular complexity index is 771. The fourth-order valence-corrected chi connectivity index (χ4v) is 2.10. The van der Waals surface area contributed by atoms with Crippen LogP contribution in [0.4, 0.5) is 8.78 Å². The molecule has 24 heavy (non-hydrogen) atoms. The van der Waals surface area contributed by atoms with Crippen LogP contribution in [0.15, 0.2) is 46.9 Å². The molecule has 0 aliphatic rings. The van der Waals surface area contributed by atoms with Gasteiger partial charge in [-0.25, -0.2) is 8.78 Å². The molecule has 0 saturated heterocycles. The van der Waals surface area contributed by atoms with Crippen molar-refractivity contribution >= 4 is 27.7 Å². The number of hydrazine groups is 1. The van der Waals surface area contributed by atoms with Gasteiger partial charge >= 0.3 is 0 Å². The number of nitrogens with one attached hydrogen (secondary N) is 2. The second-order valence-electron chi connectivity index (χ2n) is 4.76. The zero-order chi connectivity index (χ0) is 17.7. The first-order valence-corrected chi connectivity index (χ1v) is 7.64. The zero-order valence-corrected chi connectivity index (χ0v) is 14.1. The Morgan fingerprint density at radius 1 is 1.08 bits per heavy atom. The molecule has 126 valence electrons. The van der Waals surface area contributed by atoms with Crippen LogP contribution in [0.5, 0.6) is 5.75 Å². The number of benzene rings is 2. The molecule has 5 nitrogen and oxygen atoms in total. The Morgan fingerprint density at radius 2 is 1.79 bits per heavy atom. The summed E-state index contributed by atoms with van der Waals surface area (Å²) in [4.78, 5) is 23.7. The highest BCUT2D eigenvalue weighted by molar-refractivity contribution is 9.10. The molecule has 0 heterocycles. The molecule has 0 aromatic heterocycles. The number of para-hydroxylation sites is 1. The summed E-state index contributed by atoms with van der Waals surface area (Å²) in [6.07, 6.45) is -1.07. The van der Waals surface area contributed by atoms with E-state index in [9.17, 15) is 18.4 Å². The SMILES string of the molecule is C[C@@H](Oc1ccccc1F)C(=O)NNC(=O)c1cc(Br)ccc1F. The first-order chi connectivity index (χ1) is 11.4. The van der Waals surface area contributed by atoms with Crippen molar-refractivity contribution in [1.82, 2.24) is 10.9 Å². The van der Waals surface area contributed by atoms with Crippen molar-refractivity contribution in [3.63, 3.8) is 0 Å². The van der Waals surface area contributed by atoms with E-state index in [0.717, 1.165) is 6.07 Å². The van der Waals surface area contributed by atoms with Gasteiger partial charge < -0.3 is 4.74 Å². The van der Waals surface area contributed by atoms with Crippen molar-refractivity contribution in [1.29, 1.82) is 0 Å². The third kappa shape index (κ3) is 4.51. The number of hydrogen-bond donors (Lipinski definition) is 2. The lowest BCUT2D eigenvalue weighted by Gasteiger charge is -2.15. The second kappa shape index (κ2) is 7.87. The van der Waals surface area contributed by atoms with Gasteiger partial charge in [-0.1, -0.05) is 28.1 Å². The van der Waals surface area contributed by atoms with Crippen LogP contribution in [0.1, 0.15) is 17.3 Å². The van der Waals surface area contributed by atoms with Crippen molar-refractivity contribution in [2.45, 2.75) is 13.0 Å². The number of amides is 2. The average Bonchev–Trinajstić information content (AvgIpc) is 2.56. The number of ether oxygens (including phenoxy) is 1. The summed E-state index contributed by atoms with van der Waals surface area (Å²) < 4.78 is 32.7. The highest BCUT2D eigenvalue weighted by Crippen LogP contribution is 2.17. The molecule has 0 unspecified atom stereocenters. The minimum absolute atomic E-state index is 0.0930. The molecule has 0 saturated carbocycles. The maximum Gasteiger partial charge on any atom is 0.279 e. The van der Waals surface area contributed by atoms with Crippen LogP contribution in [-0.2, 0) is 4.79 Å². The first-order valence-electron chi connectivity index (χ1n) is 6.85. The van der Waals surface area contributed by atoms with E-state index in [-0.39, 0.29) is 11.3 Å². The normalized spacial score (nSPS) is 11.5. The summed E-state index contributed by atoms with van der Waals surface area (Å²) in [5.74, 6) is -3.00. The van der Waals surface area contributed by atoms with Gasteiger partial charge in [-0.2, -0.15) is 0 Å². The standard InChI is InChI=1S/C16H13BrF2N2O3/c1-9(24-14-5-3-2-4-13(14)19)15(22)20-21-16(23)11-8-10(17)6-7-12(11)18/h2-9H,1H3,(H,20,22)(H,21,23)/t9-/m1/s1. The van der Waals surface area contributed by atoms with Crippen molar-refractivity contribution in [2.75, 3.05) is 0 Å². The highest BCUT2D eigenvalue weighted by atomic mass is 79.9. The van der Waals surface area contributed by atoms with Gasteiger partial charge in [-0.3, -0.25) is 20.4 Å². The monoisotopic (exact) mass is 398 g/mol. The molecule has 1 atom stereocenters. The van der Waals surface area contributed by atoms with Crippen LogP contribution in [0.3, 0.4) is 0 Å². The second-order valence-corrected chi connectivity index (χ2v) is 5.67. The summed E-state index contributed by atoms with van der Waals surface area (Å²) in [6.45, 7) is 1.38. The molecule has 0 fully saturated rings. The fraction of sp³-hybridized carbons (Fsp3) is 0.125. The Kier molecular flexibility index (Phi) is 5.86. The summed E-state index contributed by atoms with van der Waals surface area (Å²) in [5.41, 5.74) is 3.93. The first kappa shape index (κ1) is 17.9. The Morgan fingerprint density at radius 3 is 2.50 bits per heavy atom.